The molecule has 1 saturated heterocycles. The molecule has 2 rings (SSSR count). The summed E-state index contributed by atoms with van der Waals surface area (Å²) in [6, 6.07) is 2.41. The van der Waals surface area contributed by atoms with Crippen LogP contribution in [0.5, 0.6) is 0 Å². The fraction of sp³-hybridized carbons (Fsp3) is 0.286. The molecule has 5 heteroatoms. The minimum absolute atomic E-state index is 0.0350. The highest BCUT2D eigenvalue weighted by molar-refractivity contribution is 8.26. The Morgan fingerprint density at radius 3 is 2.84 bits per heavy atom. The molecule has 1 aliphatic heterocycles. The fourth-order valence-corrected chi connectivity index (χ4v) is 3.05. The molecule has 0 saturated carbocycles. The molecule has 1 aliphatic rings. The van der Waals surface area contributed by atoms with Gasteiger partial charge in [0.2, 0.25) is 0 Å². The Kier molecular flexibility index (Phi) is 4.27. The molecule has 0 aliphatic carbocycles. The third kappa shape index (κ3) is 2.98. The van der Waals surface area contributed by atoms with Gasteiger partial charge in [-0.1, -0.05) is 30.1 Å². The maximum atomic E-state index is 12.1. The number of nitrogens with zero attached hydrogens (tertiary/aromatic N) is 2. The van der Waals surface area contributed by atoms with Gasteiger partial charge in [0.25, 0.3) is 5.91 Å². The summed E-state index contributed by atoms with van der Waals surface area (Å²) in [5, 5.41) is 0. The van der Waals surface area contributed by atoms with E-state index in [0.29, 0.717) is 21.8 Å². The van der Waals surface area contributed by atoms with Crippen molar-refractivity contribution in [2.75, 3.05) is 6.54 Å². The van der Waals surface area contributed by atoms with Crippen molar-refractivity contribution >= 4 is 40.3 Å². The molecule has 0 aromatic carbocycles. The highest BCUT2D eigenvalue weighted by Gasteiger charge is 2.30. The van der Waals surface area contributed by atoms with E-state index in [1.165, 1.54) is 11.8 Å². The van der Waals surface area contributed by atoms with Gasteiger partial charge in [0.15, 0.2) is 0 Å². The fourth-order valence-electron chi connectivity index (χ4n) is 1.77. The average molecular weight is 292 g/mol. The molecule has 0 N–H and O–H groups in total. The van der Waals surface area contributed by atoms with Crippen LogP contribution in [0.4, 0.5) is 0 Å². The van der Waals surface area contributed by atoms with Crippen molar-refractivity contribution in [3.8, 4) is 0 Å². The van der Waals surface area contributed by atoms with Crippen molar-refractivity contribution in [1.29, 1.82) is 0 Å². The van der Waals surface area contributed by atoms with Crippen LogP contribution in [0.25, 0.3) is 6.08 Å². The van der Waals surface area contributed by atoms with Crippen molar-refractivity contribution in [3.63, 3.8) is 0 Å². The quantitative estimate of drug-likeness (QED) is 0.483. The molecular weight excluding hydrogens is 276 g/mol. The van der Waals surface area contributed by atoms with Crippen LogP contribution in [0.15, 0.2) is 36.0 Å². The number of carbonyl (C=O) groups excluding carboxylic acids is 1. The van der Waals surface area contributed by atoms with Crippen molar-refractivity contribution in [3.05, 3.63) is 41.6 Å². The highest BCUT2D eigenvalue weighted by atomic mass is 32.2. The summed E-state index contributed by atoms with van der Waals surface area (Å²) < 4.78 is 2.70. The van der Waals surface area contributed by atoms with Crippen LogP contribution < -0.4 is 0 Å². The molecule has 0 radical (unpaired) electrons. The van der Waals surface area contributed by atoms with Crippen molar-refractivity contribution < 1.29 is 4.79 Å². The maximum Gasteiger partial charge on any atom is 0.266 e. The Bertz CT molecular complexity index is 558. The third-order valence-electron chi connectivity index (χ3n) is 2.82. The molecule has 1 fully saturated rings. The molecule has 19 heavy (non-hydrogen) atoms. The Balaban J connectivity index is 2.22. The number of amides is 1. The first kappa shape index (κ1) is 14.1. The van der Waals surface area contributed by atoms with E-state index in [1.54, 1.807) is 11.0 Å². The van der Waals surface area contributed by atoms with Crippen LogP contribution >= 0.6 is 24.0 Å². The smallest absolute Gasteiger partial charge is 0.266 e. The van der Waals surface area contributed by atoms with Crippen LogP contribution in [0.2, 0.25) is 0 Å². The van der Waals surface area contributed by atoms with Crippen LogP contribution in [0.3, 0.4) is 0 Å². The van der Waals surface area contributed by atoms with Crippen molar-refractivity contribution in [2.45, 2.75) is 19.9 Å². The Hall–Kier alpha value is -1.33. The molecule has 1 aromatic heterocycles. The molecule has 0 atom stereocenters. The zero-order valence-corrected chi connectivity index (χ0v) is 12.6. The van der Waals surface area contributed by atoms with Gasteiger partial charge in [-0.05, 0) is 31.6 Å². The minimum Gasteiger partial charge on any atom is -0.351 e. The van der Waals surface area contributed by atoms with Gasteiger partial charge in [-0.25, -0.2) is 0 Å². The van der Waals surface area contributed by atoms with Crippen molar-refractivity contribution in [2.24, 2.45) is 0 Å². The number of rotatable bonds is 4. The number of thiocarbonyl (C=S) groups is 1. The molecular formula is C14H16N2OS2. The number of hydrogen-bond donors (Lipinski definition) is 0. The molecule has 1 aromatic rings. The van der Waals surface area contributed by atoms with E-state index in [1.807, 2.05) is 24.5 Å². The van der Waals surface area contributed by atoms with Gasteiger partial charge < -0.3 is 4.57 Å². The van der Waals surface area contributed by atoms with Gasteiger partial charge in [0.1, 0.15) is 4.32 Å². The summed E-state index contributed by atoms with van der Waals surface area (Å²) in [6.45, 7) is 8.34. The van der Waals surface area contributed by atoms with Crippen molar-refractivity contribution in [1.82, 2.24) is 9.47 Å². The van der Waals surface area contributed by atoms with E-state index in [2.05, 4.69) is 25.0 Å². The number of thioether (sulfide) groups is 1. The first-order valence-electron chi connectivity index (χ1n) is 6.06. The molecule has 3 nitrogen and oxygen atoms in total. The van der Waals surface area contributed by atoms with E-state index in [4.69, 9.17) is 12.2 Å². The summed E-state index contributed by atoms with van der Waals surface area (Å²) in [5.41, 5.74) is 1.02. The first-order valence-corrected chi connectivity index (χ1v) is 7.29. The maximum absolute atomic E-state index is 12.1. The van der Waals surface area contributed by atoms with E-state index in [-0.39, 0.29) is 5.91 Å². The summed E-state index contributed by atoms with van der Waals surface area (Å²) >= 11 is 6.54. The third-order valence-corrected chi connectivity index (χ3v) is 4.19. The zero-order chi connectivity index (χ0) is 14.0. The number of carbonyl (C=O) groups is 1. The summed E-state index contributed by atoms with van der Waals surface area (Å²) in [6.07, 6.45) is 7.62. The van der Waals surface area contributed by atoms with E-state index >= 15 is 0 Å². The normalized spacial score (nSPS) is 17.8. The summed E-state index contributed by atoms with van der Waals surface area (Å²) in [5.74, 6) is -0.0350. The average Bonchev–Trinajstić information content (AvgIpc) is 2.91. The lowest BCUT2D eigenvalue weighted by Crippen LogP contribution is -2.27. The number of hydrogen-bond acceptors (Lipinski definition) is 3. The van der Waals surface area contributed by atoms with Crippen LogP contribution in [-0.2, 0) is 4.79 Å². The monoisotopic (exact) mass is 292 g/mol. The Morgan fingerprint density at radius 1 is 1.53 bits per heavy atom. The van der Waals surface area contributed by atoms with Gasteiger partial charge in [-0.3, -0.25) is 9.69 Å². The molecule has 1 amide bonds. The van der Waals surface area contributed by atoms with E-state index in [9.17, 15) is 4.79 Å². The highest BCUT2D eigenvalue weighted by Crippen LogP contribution is 2.32. The SMILES string of the molecule is C=CCN1C(=O)/C(=C\c2ccn(C(C)C)c2)SC1=S. The molecule has 2 heterocycles. The lowest BCUT2D eigenvalue weighted by Gasteiger charge is -2.10. The summed E-state index contributed by atoms with van der Waals surface area (Å²) in [7, 11) is 0. The summed E-state index contributed by atoms with van der Waals surface area (Å²) in [4.78, 5) is 14.4. The van der Waals surface area contributed by atoms with Crippen LogP contribution in [-0.4, -0.2) is 26.2 Å². The molecule has 0 unspecified atom stereocenters. The zero-order valence-electron chi connectivity index (χ0n) is 11.0. The van der Waals surface area contributed by atoms with Gasteiger partial charge in [0, 0.05) is 25.0 Å². The Morgan fingerprint density at radius 2 is 2.26 bits per heavy atom. The molecule has 0 spiro atoms. The molecule has 100 valence electrons. The van der Waals surface area contributed by atoms with Gasteiger partial charge in [0.05, 0.1) is 4.91 Å². The minimum atomic E-state index is -0.0350. The van der Waals surface area contributed by atoms with Gasteiger partial charge in [-0.15, -0.1) is 6.58 Å². The van der Waals surface area contributed by atoms with Gasteiger partial charge >= 0.3 is 0 Å². The van der Waals surface area contributed by atoms with Crippen LogP contribution in [0, 0.1) is 0 Å². The van der Waals surface area contributed by atoms with Crippen LogP contribution in [0.1, 0.15) is 25.5 Å². The predicted octanol–water partition coefficient (Wildman–Crippen LogP) is 3.46. The topological polar surface area (TPSA) is 25.2 Å². The standard InChI is InChI=1S/C14H16N2OS2/c1-4-6-16-13(17)12(19-14(16)18)8-11-5-7-15(9-11)10(2)3/h4-5,7-10H,1,6H2,2-3H3/b12-8+. The Labute approximate surface area is 123 Å². The van der Waals surface area contributed by atoms with E-state index in [0.717, 1.165) is 5.56 Å². The number of aromatic nitrogens is 1. The molecule has 0 bridgehead atoms. The van der Waals surface area contributed by atoms with E-state index < -0.39 is 0 Å². The second-order valence-electron chi connectivity index (χ2n) is 4.57. The first-order chi connectivity index (χ1) is 9.02. The second-order valence-corrected chi connectivity index (χ2v) is 6.24. The lowest BCUT2D eigenvalue weighted by atomic mass is 10.3. The predicted molar refractivity (Wildman–Crippen MR) is 84.9 cm³/mol. The second kappa shape index (κ2) is 5.75. The van der Waals surface area contributed by atoms with Gasteiger partial charge in [-0.2, -0.15) is 0 Å². The largest absolute Gasteiger partial charge is 0.351 e. The lowest BCUT2D eigenvalue weighted by molar-refractivity contribution is -0.121.